The maximum atomic E-state index is 12.7. The molecule has 1 aromatic carbocycles. The lowest BCUT2D eigenvalue weighted by molar-refractivity contribution is -0.208. The summed E-state index contributed by atoms with van der Waals surface area (Å²) in [6.07, 6.45) is -5.01. The molecule has 0 aliphatic carbocycles. The Bertz CT molecular complexity index is 598. The number of rotatable bonds is 3. The molecule has 0 bridgehead atoms. The van der Waals surface area contributed by atoms with Crippen molar-refractivity contribution in [3.8, 4) is 0 Å². The summed E-state index contributed by atoms with van der Waals surface area (Å²) in [4.78, 5) is 16.1. The van der Waals surface area contributed by atoms with E-state index in [0.717, 1.165) is 17.7 Å². The van der Waals surface area contributed by atoms with E-state index in [0.29, 0.717) is 32.5 Å². The van der Waals surface area contributed by atoms with Gasteiger partial charge in [-0.25, -0.2) is 0 Å². The first kappa shape index (κ1) is 17.2. The second kappa shape index (κ2) is 6.72. The SMILES string of the molecule is O=C(C1CCN(C[C@H](O)C(F)(F)F)CC1)N1CCc2ccccc21. The van der Waals surface area contributed by atoms with E-state index >= 15 is 0 Å². The number of halogens is 3. The number of nitrogens with zero attached hydrogens (tertiary/aromatic N) is 2. The van der Waals surface area contributed by atoms with Gasteiger partial charge in [-0.2, -0.15) is 13.2 Å². The predicted octanol–water partition coefficient (Wildman–Crippen LogP) is 2.21. The number of benzene rings is 1. The molecule has 0 unspecified atom stereocenters. The van der Waals surface area contributed by atoms with Gasteiger partial charge in [0.05, 0.1) is 0 Å². The van der Waals surface area contributed by atoms with Crippen LogP contribution in [0.4, 0.5) is 18.9 Å². The zero-order chi connectivity index (χ0) is 17.3. The number of aliphatic hydroxyl groups excluding tert-OH is 1. The number of fused-ring (bicyclic) bond motifs is 1. The van der Waals surface area contributed by atoms with E-state index in [1.807, 2.05) is 24.3 Å². The molecule has 132 valence electrons. The average molecular weight is 342 g/mol. The van der Waals surface area contributed by atoms with Gasteiger partial charge in [-0.15, -0.1) is 0 Å². The zero-order valence-corrected chi connectivity index (χ0v) is 13.3. The highest BCUT2D eigenvalue weighted by Gasteiger charge is 2.40. The molecule has 2 aliphatic heterocycles. The Kier molecular flexibility index (Phi) is 4.83. The Hall–Kier alpha value is -1.60. The number of hydrogen-bond donors (Lipinski definition) is 1. The van der Waals surface area contributed by atoms with Gasteiger partial charge in [0.2, 0.25) is 5.91 Å². The van der Waals surface area contributed by atoms with E-state index in [-0.39, 0.29) is 11.8 Å². The molecule has 0 saturated carbocycles. The van der Waals surface area contributed by atoms with E-state index in [9.17, 15) is 18.0 Å². The van der Waals surface area contributed by atoms with Crippen molar-refractivity contribution in [1.82, 2.24) is 4.90 Å². The first-order valence-electron chi connectivity index (χ1n) is 8.22. The van der Waals surface area contributed by atoms with Crippen LogP contribution < -0.4 is 4.90 Å². The van der Waals surface area contributed by atoms with Crippen LogP contribution in [0.3, 0.4) is 0 Å². The summed E-state index contributed by atoms with van der Waals surface area (Å²) in [6, 6.07) is 7.82. The van der Waals surface area contributed by atoms with Crippen molar-refractivity contribution in [2.45, 2.75) is 31.5 Å². The lowest BCUT2D eigenvalue weighted by atomic mass is 9.95. The average Bonchev–Trinajstić information content (AvgIpc) is 2.98. The van der Waals surface area contributed by atoms with Crippen molar-refractivity contribution in [2.75, 3.05) is 31.1 Å². The van der Waals surface area contributed by atoms with Crippen LogP contribution in [-0.4, -0.2) is 54.4 Å². The lowest BCUT2D eigenvalue weighted by Crippen LogP contribution is -2.46. The molecule has 2 aliphatic rings. The Morgan fingerprint density at radius 3 is 2.54 bits per heavy atom. The largest absolute Gasteiger partial charge is 0.415 e. The molecule has 1 amide bonds. The van der Waals surface area contributed by atoms with Crippen molar-refractivity contribution < 1.29 is 23.1 Å². The normalized spacial score (nSPS) is 20.9. The molecule has 3 rings (SSSR count). The summed E-state index contributed by atoms with van der Waals surface area (Å²) in [5.74, 6) is -0.0913. The van der Waals surface area contributed by atoms with Crippen molar-refractivity contribution in [3.05, 3.63) is 29.8 Å². The minimum atomic E-state index is -4.59. The fourth-order valence-corrected chi connectivity index (χ4v) is 3.50. The van der Waals surface area contributed by atoms with Gasteiger partial charge in [0.25, 0.3) is 0 Å². The van der Waals surface area contributed by atoms with E-state index in [1.165, 1.54) is 0 Å². The van der Waals surface area contributed by atoms with Gasteiger partial charge in [0.1, 0.15) is 0 Å². The van der Waals surface area contributed by atoms with Crippen LogP contribution in [0.25, 0.3) is 0 Å². The lowest BCUT2D eigenvalue weighted by Gasteiger charge is -2.34. The van der Waals surface area contributed by atoms with Crippen molar-refractivity contribution in [2.24, 2.45) is 5.92 Å². The van der Waals surface area contributed by atoms with Gasteiger partial charge < -0.3 is 14.9 Å². The standard InChI is InChI=1S/C17H21F3N2O2/c18-17(19,20)15(23)11-21-8-5-13(6-9-21)16(24)22-10-7-12-3-1-2-4-14(12)22/h1-4,13,15,23H,5-11H2/t15-/m0/s1. The summed E-state index contributed by atoms with van der Waals surface area (Å²) in [5, 5.41) is 9.15. The van der Waals surface area contributed by atoms with Crippen LogP contribution in [0.1, 0.15) is 18.4 Å². The number of carbonyl (C=O) groups excluding carboxylic acids is 1. The molecule has 0 radical (unpaired) electrons. The molecule has 2 heterocycles. The first-order valence-corrected chi connectivity index (χ1v) is 8.22. The first-order chi connectivity index (χ1) is 11.4. The molecule has 4 nitrogen and oxygen atoms in total. The Balaban J connectivity index is 1.55. The molecule has 7 heteroatoms. The third-order valence-corrected chi connectivity index (χ3v) is 4.90. The fourth-order valence-electron chi connectivity index (χ4n) is 3.50. The highest BCUT2D eigenvalue weighted by molar-refractivity contribution is 5.97. The number of hydrogen-bond acceptors (Lipinski definition) is 3. The third-order valence-electron chi connectivity index (χ3n) is 4.90. The maximum Gasteiger partial charge on any atom is 0.415 e. The van der Waals surface area contributed by atoms with Crippen LogP contribution in [-0.2, 0) is 11.2 Å². The molecular formula is C17H21F3N2O2. The quantitative estimate of drug-likeness (QED) is 0.916. The van der Waals surface area contributed by atoms with Crippen LogP contribution in [0.2, 0.25) is 0 Å². The smallest absolute Gasteiger partial charge is 0.382 e. The highest BCUT2D eigenvalue weighted by Crippen LogP contribution is 2.31. The summed E-state index contributed by atoms with van der Waals surface area (Å²) in [5.41, 5.74) is 2.12. The van der Waals surface area contributed by atoms with E-state index in [1.54, 1.807) is 9.80 Å². The maximum absolute atomic E-state index is 12.7. The Morgan fingerprint density at radius 2 is 1.88 bits per heavy atom. The summed E-state index contributed by atoms with van der Waals surface area (Å²) in [7, 11) is 0. The number of anilines is 1. The molecule has 24 heavy (non-hydrogen) atoms. The van der Waals surface area contributed by atoms with Gasteiger partial charge in [-0.1, -0.05) is 18.2 Å². The summed E-state index contributed by atoms with van der Waals surface area (Å²) < 4.78 is 37.3. The number of likely N-dealkylation sites (tertiary alicyclic amines) is 1. The van der Waals surface area contributed by atoms with Crippen molar-refractivity contribution in [1.29, 1.82) is 0 Å². The molecule has 1 saturated heterocycles. The van der Waals surface area contributed by atoms with Crippen molar-refractivity contribution >= 4 is 11.6 Å². The van der Waals surface area contributed by atoms with Crippen LogP contribution in [0, 0.1) is 5.92 Å². The number of amides is 1. The third kappa shape index (κ3) is 3.57. The second-order valence-electron chi connectivity index (χ2n) is 6.50. The molecule has 1 fully saturated rings. The summed E-state index contributed by atoms with van der Waals surface area (Å²) in [6.45, 7) is 1.06. The van der Waals surface area contributed by atoms with Crippen LogP contribution in [0.15, 0.2) is 24.3 Å². The molecule has 1 N–H and O–H groups in total. The number of alkyl halides is 3. The van der Waals surface area contributed by atoms with Crippen molar-refractivity contribution in [3.63, 3.8) is 0 Å². The van der Waals surface area contributed by atoms with Gasteiger partial charge >= 0.3 is 6.18 Å². The van der Waals surface area contributed by atoms with E-state index < -0.39 is 18.8 Å². The Labute approximate surface area is 138 Å². The molecule has 1 aromatic rings. The van der Waals surface area contributed by atoms with Gasteiger partial charge in [0.15, 0.2) is 6.10 Å². The highest BCUT2D eigenvalue weighted by atomic mass is 19.4. The van der Waals surface area contributed by atoms with Gasteiger partial charge in [-0.05, 0) is 44.0 Å². The molecular weight excluding hydrogens is 321 g/mol. The second-order valence-corrected chi connectivity index (χ2v) is 6.50. The van der Waals surface area contributed by atoms with Crippen LogP contribution in [0.5, 0.6) is 0 Å². The zero-order valence-electron chi connectivity index (χ0n) is 13.3. The topological polar surface area (TPSA) is 43.8 Å². The van der Waals surface area contributed by atoms with E-state index in [4.69, 9.17) is 5.11 Å². The van der Waals surface area contributed by atoms with Crippen LogP contribution >= 0.6 is 0 Å². The predicted molar refractivity (Wildman–Crippen MR) is 83.7 cm³/mol. The Morgan fingerprint density at radius 1 is 1.21 bits per heavy atom. The number of β-amino-alcohol motifs (C(OH)–C–C–N with tert-alkyl or cyclic N) is 1. The summed E-state index contributed by atoms with van der Waals surface area (Å²) >= 11 is 0. The fraction of sp³-hybridized carbons (Fsp3) is 0.588. The number of para-hydroxylation sites is 1. The molecule has 0 spiro atoms. The van der Waals surface area contributed by atoms with Gasteiger partial charge in [-0.3, -0.25) is 4.79 Å². The van der Waals surface area contributed by atoms with Gasteiger partial charge in [0, 0.05) is 24.7 Å². The molecule has 0 aromatic heterocycles. The minimum absolute atomic E-state index is 0.0657. The molecule has 1 atom stereocenters. The van der Waals surface area contributed by atoms with E-state index in [2.05, 4.69) is 0 Å². The monoisotopic (exact) mass is 342 g/mol. The minimum Gasteiger partial charge on any atom is -0.382 e. The number of piperidine rings is 1. The number of aliphatic hydroxyl groups is 1. The number of carbonyl (C=O) groups is 1.